The summed E-state index contributed by atoms with van der Waals surface area (Å²) < 4.78 is 11.4. The largest absolute Gasteiger partial charge is 0.443 e. The van der Waals surface area contributed by atoms with Gasteiger partial charge in [-0.1, -0.05) is 136 Å². The Balaban J connectivity index is 0.000000256. The molecule has 2 aliphatic heterocycles. The third-order valence-corrected chi connectivity index (χ3v) is 14.5. The molecule has 0 aliphatic carbocycles. The van der Waals surface area contributed by atoms with E-state index in [-0.39, 0.29) is 34.4 Å². The van der Waals surface area contributed by atoms with Gasteiger partial charge in [0.05, 0.1) is 16.5 Å². The number of benzene rings is 4. The van der Waals surface area contributed by atoms with E-state index in [9.17, 15) is 19.2 Å². The summed E-state index contributed by atoms with van der Waals surface area (Å²) in [7, 11) is 3.74. The molecule has 67 heavy (non-hydrogen) atoms. The molecule has 1 unspecified atom stereocenters. The van der Waals surface area contributed by atoms with Crippen molar-refractivity contribution in [2.45, 2.75) is 135 Å². The molecule has 0 aromatic heterocycles. The number of rotatable bonds is 16. The summed E-state index contributed by atoms with van der Waals surface area (Å²) in [4.78, 5) is 57.3. The number of thioether (sulfide) groups is 2. The summed E-state index contributed by atoms with van der Waals surface area (Å²) in [5.41, 5.74) is 6.15. The van der Waals surface area contributed by atoms with Gasteiger partial charge in [0.25, 0.3) is 5.91 Å². The lowest BCUT2D eigenvalue weighted by molar-refractivity contribution is -0.131. The van der Waals surface area contributed by atoms with E-state index < -0.39 is 23.4 Å². The average Bonchev–Trinajstić information content (AvgIpc) is 3.76. The van der Waals surface area contributed by atoms with Crippen LogP contribution in [0.25, 0.3) is 22.3 Å². The van der Waals surface area contributed by atoms with Crippen molar-refractivity contribution in [1.29, 1.82) is 0 Å². The molecule has 0 spiro atoms. The minimum atomic E-state index is -0.659. The molecular weight excluding hydrogens is 875 g/mol. The van der Waals surface area contributed by atoms with Gasteiger partial charge in [-0.3, -0.25) is 9.59 Å². The van der Waals surface area contributed by atoms with E-state index >= 15 is 0 Å². The number of hydrogen-bond donors (Lipinski definition) is 0. The second-order valence-electron chi connectivity index (χ2n) is 19.7. The lowest BCUT2D eigenvalue weighted by atomic mass is 9.98. The third-order valence-electron chi connectivity index (χ3n) is 11.3. The normalized spacial score (nSPS) is 18.0. The molecule has 0 saturated carbocycles. The van der Waals surface area contributed by atoms with Crippen LogP contribution in [-0.2, 0) is 31.9 Å². The number of ether oxygens (including phenoxy) is 2. The summed E-state index contributed by atoms with van der Waals surface area (Å²) in [6.07, 6.45) is 7.69. The van der Waals surface area contributed by atoms with Gasteiger partial charge in [0.15, 0.2) is 0 Å². The number of unbranched alkanes of at least 4 members (excludes halogenated alkanes) is 2. The molecule has 11 heteroatoms. The van der Waals surface area contributed by atoms with E-state index in [0.717, 1.165) is 65.0 Å². The monoisotopic (exact) mass is 947 g/mol. The maximum absolute atomic E-state index is 13.8. The molecule has 2 saturated heterocycles. The molecule has 0 radical (unpaired) electrons. The second-order valence-corrected chi connectivity index (χ2v) is 22.5. The Hall–Kier alpha value is -5.00. The van der Waals surface area contributed by atoms with Crippen molar-refractivity contribution in [1.82, 2.24) is 14.7 Å². The predicted molar refractivity (Wildman–Crippen MR) is 278 cm³/mol. The highest BCUT2D eigenvalue weighted by molar-refractivity contribution is 8.17. The van der Waals surface area contributed by atoms with Crippen LogP contribution in [0.3, 0.4) is 0 Å². The van der Waals surface area contributed by atoms with E-state index in [1.807, 2.05) is 99.7 Å². The van der Waals surface area contributed by atoms with E-state index in [1.165, 1.54) is 15.4 Å². The molecule has 2 fully saturated rings. The molecule has 2 aliphatic rings. The highest BCUT2D eigenvalue weighted by Gasteiger charge is 2.48. The quantitative estimate of drug-likeness (QED) is 0.0618. The first kappa shape index (κ1) is 53.0. The Morgan fingerprint density at radius 1 is 0.642 bits per heavy atom. The maximum Gasteiger partial charge on any atom is 0.417 e. The first-order valence-corrected chi connectivity index (χ1v) is 26.0. The Morgan fingerprint density at radius 2 is 1.06 bits per heavy atom. The number of likely N-dealkylation sites (tertiary alicyclic amines) is 2. The Bertz CT molecular complexity index is 2220. The van der Waals surface area contributed by atoms with E-state index in [0.29, 0.717) is 31.3 Å². The maximum atomic E-state index is 13.8. The van der Waals surface area contributed by atoms with Crippen LogP contribution in [0.1, 0.15) is 105 Å². The second kappa shape index (κ2) is 24.9. The van der Waals surface area contributed by atoms with Crippen molar-refractivity contribution in [2.75, 3.05) is 25.6 Å². The molecule has 9 nitrogen and oxygen atoms in total. The van der Waals surface area contributed by atoms with Gasteiger partial charge in [-0.2, -0.15) is 0 Å². The number of carbonyl (C=O) groups is 4. The zero-order chi connectivity index (χ0) is 48.7. The fourth-order valence-electron chi connectivity index (χ4n) is 8.13. The van der Waals surface area contributed by atoms with Crippen LogP contribution in [0, 0.1) is 5.92 Å². The van der Waals surface area contributed by atoms with Gasteiger partial charge < -0.3 is 14.4 Å². The van der Waals surface area contributed by atoms with Crippen LogP contribution in [0.15, 0.2) is 121 Å². The summed E-state index contributed by atoms with van der Waals surface area (Å²) in [6.45, 7) is 15.4. The highest BCUT2D eigenvalue weighted by atomic mass is 32.2. The van der Waals surface area contributed by atoms with Gasteiger partial charge in [-0.25, -0.2) is 19.4 Å². The number of amides is 4. The molecule has 4 aromatic carbocycles. The molecule has 2 heterocycles. The molecular formula is C56H73N3O6S2. The Morgan fingerprint density at radius 3 is 1.48 bits per heavy atom. The molecule has 6 rings (SSSR count). The van der Waals surface area contributed by atoms with Crippen molar-refractivity contribution >= 4 is 47.5 Å². The summed E-state index contributed by atoms with van der Waals surface area (Å²) in [5.74, 6) is 1.57. The average molecular weight is 948 g/mol. The minimum absolute atomic E-state index is 0.0712. The third kappa shape index (κ3) is 16.1. The van der Waals surface area contributed by atoms with Gasteiger partial charge in [-0.15, -0.1) is 23.5 Å². The van der Waals surface area contributed by atoms with Crippen molar-refractivity contribution in [3.8, 4) is 22.3 Å². The summed E-state index contributed by atoms with van der Waals surface area (Å²) in [5, 5.41) is 0. The fraction of sp³-hybridized carbons (Fsp3) is 0.464. The molecule has 0 N–H and O–H groups in total. The number of imide groups is 2. The van der Waals surface area contributed by atoms with Gasteiger partial charge in [0, 0.05) is 38.3 Å². The van der Waals surface area contributed by atoms with Crippen LogP contribution in [0.2, 0.25) is 0 Å². The molecule has 3 atom stereocenters. The SMILES string of the molecule is CCCCSC(SCCCC)C1C[C@@H](Cc2ccc(-c3ccccc3)cc2)N(C(=O)OC(C)(C)C)C1=O.CN(C)C=C1C[C@@H](Cc2ccc(-c3ccccc3)cc2)N(C(=O)OC(C)(C)C)C1=O. The molecule has 4 amide bonds. The van der Waals surface area contributed by atoms with Gasteiger partial charge in [0.1, 0.15) is 11.2 Å². The fourth-order valence-corrected chi connectivity index (χ4v) is 11.4. The van der Waals surface area contributed by atoms with Gasteiger partial charge >= 0.3 is 12.2 Å². The lowest BCUT2D eigenvalue weighted by Gasteiger charge is -2.27. The zero-order valence-electron chi connectivity index (χ0n) is 41.5. The predicted octanol–water partition coefficient (Wildman–Crippen LogP) is 13.3. The van der Waals surface area contributed by atoms with Crippen LogP contribution in [0.4, 0.5) is 9.59 Å². The Kier molecular flexibility index (Phi) is 19.6. The zero-order valence-corrected chi connectivity index (χ0v) is 43.1. The van der Waals surface area contributed by atoms with Crippen molar-refractivity contribution in [3.05, 3.63) is 132 Å². The van der Waals surface area contributed by atoms with Crippen molar-refractivity contribution in [3.63, 3.8) is 0 Å². The standard InChI is InChI=1S/C31H43NO3S2.C25H30N2O3/c1-6-8-19-36-29(37-20-9-7-2)27-22-26(32(28(27)33)30(34)35-31(3,4)5)21-23-15-17-25(18-16-23)24-13-11-10-12-14-24;1-25(2,3)30-24(29)27-22(16-21(23(27)28)17-26(4)5)15-18-11-13-20(14-12-18)19-9-7-6-8-10-19/h10-18,26-27,29H,6-9,19-22H2,1-5H3;6-14,17,22H,15-16H2,1-5H3/t26-,27?;22-/m11/s1. The van der Waals surface area contributed by atoms with E-state index in [2.05, 4.69) is 86.6 Å². The topological polar surface area (TPSA) is 96.5 Å². The van der Waals surface area contributed by atoms with Crippen LogP contribution in [0.5, 0.6) is 0 Å². The lowest BCUT2D eigenvalue weighted by Crippen LogP contribution is -2.44. The van der Waals surface area contributed by atoms with Gasteiger partial charge in [0.2, 0.25) is 5.91 Å². The number of nitrogens with zero attached hydrogens (tertiary/aromatic N) is 3. The molecule has 0 bridgehead atoms. The summed E-state index contributed by atoms with van der Waals surface area (Å²) in [6, 6.07) is 36.8. The van der Waals surface area contributed by atoms with Crippen LogP contribution < -0.4 is 0 Å². The van der Waals surface area contributed by atoms with Crippen molar-refractivity contribution in [2.24, 2.45) is 5.92 Å². The van der Waals surface area contributed by atoms with E-state index in [1.54, 1.807) is 27.0 Å². The first-order valence-electron chi connectivity index (χ1n) is 23.9. The smallest absolute Gasteiger partial charge is 0.417 e. The molecule has 360 valence electrons. The van der Waals surface area contributed by atoms with Gasteiger partial charge in [-0.05, 0) is 119 Å². The van der Waals surface area contributed by atoms with Crippen molar-refractivity contribution < 1.29 is 28.7 Å². The minimum Gasteiger partial charge on any atom is -0.443 e. The Labute approximate surface area is 409 Å². The number of hydrogen-bond acceptors (Lipinski definition) is 9. The number of carbonyl (C=O) groups excluding carboxylic acids is 4. The van der Waals surface area contributed by atoms with Crippen LogP contribution >= 0.6 is 23.5 Å². The summed E-state index contributed by atoms with van der Waals surface area (Å²) >= 11 is 3.79. The first-order chi connectivity index (χ1) is 31.9. The van der Waals surface area contributed by atoms with Crippen LogP contribution in [-0.4, -0.2) is 92.2 Å². The molecule has 4 aromatic rings. The highest BCUT2D eigenvalue weighted by Crippen LogP contribution is 2.41. The van der Waals surface area contributed by atoms with E-state index in [4.69, 9.17) is 9.47 Å².